The molecule has 4 aromatic rings. The maximum Gasteiger partial charge on any atom is 0.267 e. The Morgan fingerprint density at radius 2 is 1.90 bits per heavy atom. The van der Waals surface area contributed by atoms with Crippen LogP contribution in [0.2, 0.25) is 5.02 Å². The summed E-state index contributed by atoms with van der Waals surface area (Å²) in [5.41, 5.74) is 1.63. The SMILES string of the molecule is CC(=O)NCc1ccc(-c2csc(NC(=O)c3ccc(-c4ccc(Cl)cc4)s3)n2)o1. The van der Waals surface area contributed by atoms with E-state index in [0.717, 1.165) is 10.4 Å². The van der Waals surface area contributed by atoms with E-state index in [4.69, 9.17) is 16.0 Å². The fourth-order valence-corrected chi connectivity index (χ4v) is 4.38. The van der Waals surface area contributed by atoms with Gasteiger partial charge in [-0.25, -0.2) is 4.98 Å². The van der Waals surface area contributed by atoms with E-state index < -0.39 is 0 Å². The Labute approximate surface area is 185 Å². The number of nitrogens with one attached hydrogen (secondary N) is 2. The second-order valence-corrected chi connectivity index (χ2v) is 8.72. The molecule has 6 nitrogen and oxygen atoms in total. The van der Waals surface area contributed by atoms with E-state index >= 15 is 0 Å². The smallest absolute Gasteiger partial charge is 0.267 e. The number of carbonyl (C=O) groups is 2. The van der Waals surface area contributed by atoms with E-state index in [1.807, 2.05) is 35.7 Å². The third kappa shape index (κ3) is 4.79. The number of anilines is 1. The van der Waals surface area contributed by atoms with E-state index in [1.165, 1.54) is 29.6 Å². The first-order chi connectivity index (χ1) is 14.5. The number of aromatic nitrogens is 1. The van der Waals surface area contributed by atoms with Crippen molar-refractivity contribution in [2.45, 2.75) is 13.5 Å². The minimum absolute atomic E-state index is 0.126. The highest BCUT2D eigenvalue weighted by atomic mass is 35.5. The van der Waals surface area contributed by atoms with E-state index in [2.05, 4.69) is 15.6 Å². The molecule has 2 N–H and O–H groups in total. The summed E-state index contributed by atoms with van der Waals surface area (Å²) in [6.45, 7) is 1.77. The Bertz CT molecular complexity index is 1190. The minimum Gasteiger partial charge on any atom is -0.458 e. The van der Waals surface area contributed by atoms with Gasteiger partial charge in [0.1, 0.15) is 11.5 Å². The minimum atomic E-state index is -0.216. The first-order valence-electron chi connectivity index (χ1n) is 8.94. The van der Waals surface area contributed by atoms with Crippen LogP contribution in [-0.2, 0) is 11.3 Å². The van der Waals surface area contributed by atoms with Gasteiger partial charge in [-0.15, -0.1) is 22.7 Å². The number of carbonyl (C=O) groups excluding carboxylic acids is 2. The van der Waals surface area contributed by atoms with Gasteiger partial charge in [0.2, 0.25) is 5.91 Å². The molecule has 0 bridgehead atoms. The molecule has 0 atom stereocenters. The van der Waals surface area contributed by atoms with Gasteiger partial charge in [0.25, 0.3) is 5.91 Å². The molecule has 152 valence electrons. The number of amides is 2. The first kappa shape index (κ1) is 20.3. The molecule has 3 heterocycles. The third-order valence-corrected chi connectivity index (χ3v) is 6.25. The molecular formula is C21H16ClN3O3S2. The Kier molecular flexibility index (Phi) is 5.98. The van der Waals surface area contributed by atoms with Crippen LogP contribution in [0, 0.1) is 0 Å². The van der Waals surface area contributed by atoms with E-state index in [0.29, 0.717) is 38.8 Å². The average Bonchev–Trinajstić information content (AvgIpc) is 3.47. The van der Waals surface area contributed by atoms with Gasteiger partial charge in [-0.05, 0) is 42.0 Å². The Balaban J connectivity index is 1.42. The zero-order valence-corrected chi connectivity index (χ0v) is 18.2. The van der Waals surface area contributed by atoms with Crippen molar-refractivity contribution in [1.29, 1.82) is 0 Å². The molecule has 9 heteroatoms. The van der Waals surface area contributed by atoms with Gasteiger partial charge in [0, 0.05) is 22.2 Å². The van der Waals surface area contributed by atoms with Crippen LogP contribution in [0.4, 0.5) is 5.13 Å². The van der Waals surface area contributed by atoms with Crippen LogP contribution in [-0.4, -0.2) is 16.8 Å². The van der Waals surface area contributed by atoms with Gasteiger partial charge in [0.05, 0.1) is 11.4 Å². The van der Waals surface area contributed by atoms with Gasteiger partial charge < -0.3 is 9.73 Å². The van der Waals surface area contributed by atoms with Crippen LogP contribution in [0.25, 0.3) is 21.9 Å². The molecule has 0 saturated heterocycles. The van der Waals surface area contributed by atoms with Crippen LogP contribution in [0.1, 0.15) is 22.4 Å². The molecule has 1 aromatic carbocycles. The van der Waals surface area contributed by atoms with Crippen LogP contribution < -0.4 is 10.6 Å². The first-order valence-corrected chi connectivity index (χ1v) is 11.0. The molecule has 4 rings (SSSR count). The molecule has 3 aromatic heterocycles. The highest BCUT2D eigenvalue weighted by Crippen LogP contribution is 2.31. The molecule has 0 unspecified atom stereocenters. The van der Waals surface area contributed by atoms with E-state index in [-0.39, 0.29) is 11.8 Å². The van der Waals surface area contributed by atoms with Crippen molar-refractivity contribution in [3.63, 3.8) is 0 Å². The number of nitrogens with zero attached hydrogens (tertiary/aromatic N) is 1. The largest absolute Gasteiger partial charge is 0.458 e. The van der Waals surface area contributed by atoms with Crippen molar-refractivity contribution in [2.24, 2.45) is 0 Å². The average molecular weight is 458 g/mol. The summed E-state index contributed by atoms with van der Waals surface area (Å²) in [4.78, 5) is 29.6. The van der Waals surface area contributed by atoms with Crippen molar-refractivity contribution in [1.82, 2.24) is 10.3 Å². The highest BCUT2D eigenvalue weighted by molar-refractivity contribution is 7.17. The summed E-state index contributed by atoms with van der Waals surface area (Å²) >= 11 is 8.65. The van der Waals surface area contributed by atoms with Gasteiger partial charge in [-0.2, -0.15) is 0 Å². The quantitative estimate of drug-likeness (QED) is 0.390. The Morgan fingerprint density at radius 3 is 2.67 bits per heavy atom. The molecule has 2 amide bonds. The predicted octanol–water partition coefficient (Wildman–Crippen LogP) is 5.67. The monoisotopic (exact) mass is 457 g/mol. The number of hydrogen-bond acceptors (Lipinski definition) is 6. The number of furan rings is 1. The predicted molar refractivity (Wildman–Crippen MR) is 120 cm³/mol. The summed E-state index contributed by atoms with van der Waals surface area (Å²) in [5, 5.41) is 8.47. The second-order valence-electron chi connectivity index (χ2n) is 6.34. The maximum atomic E-state index is 12.6. The normalized spacial score (nSPS) is 10.7. The van der Waals surface area contributed by atoms with Gasteiger partial charge in [0.15, 0.2) is 10.9 Å². The van der Waals surface area contributed by atoms with Crippen LogP contribution in [0.15, 0.2) is 58.3 Å². The molecule has 0 fully saturated rings. The molecule has 0 spiro atoms. The van der Waals surface area contributed by atoms with Gasteiger partial charge >= 0.3 is 0 Å². The summed E-state index contributed by atoms with van der Waals surface area (Å²) < 4.78 is 5.69. The second kappa shape index (κ2) is 8.83. The highest BCUT2D eigenvalue weighted by Gasteiger charge is 2.14. The maximum absolute atomic E-state index is 12.6. The fourth-order valence-electron chi connectivity index (χ4n) is 2.65. The standard InChI is InChI=1S/C21H16ClN3O3S2/c1-12(26)23-10-15-6-7-17(28-15)16-11-29-21(24-16)25-20(27)19-9-8-18(30-19)13-2-4-14(22)5-3-13/h2-9,11H,10H2,1H3,(H,23,26)(H,24,25,27). The van der Waals surface area contributed by atoms with Crippen LogP contribution >= 0.6 is 34.3 Å². The van der Waals surface area contributed by atoms with Crippen LogP contribution in [0.3, 0.4) is 0 Å². The Hall–Kier alpha value is -2.94. The fraction of sp³-hybridized carbons (Fsp3) is 0.0952. The van der Waals surface area contributed by atoms with E-state index in [9.17, 15) is 9.59 Å². The summed E-state index contributed by atoms with van der Waals surface area (Å²) in [6, 6.07) is 14.8. The van der Waals surface area contributed by atoms with Crippen molar-refractivity contribution in [3.8, 4) is 21.9 Å². The lowest BCUT2D eigenvalue weighted by Crippen LogP contribution is -2.18. The number of thiophene rings is 1. The molecule has 0 aliphatic rings. The van der Waals surface area contributed by atoms with Crippen LogP contribution in [0.5, 0.6) is 0 Å². The summed E-state index contributed by atoms with van der Waals surface area (Å²) in [6.07, 6.45) is 0. The number of halogens is 1. The Morgan fingerprint density at radius 1 is 1.10 bits per heavy atom. The molecule has 0 aliphatic carbocycles. The molecular weight excluding hydrogens is 442 g/mol. The molecule has 30 heavy (non-hydrogen) atoms. The molecule has 0 saturated carbocycles. The number of benzene rings is 1. The van der Waals surface area contributed by atoms with Gasteiger partial charge in [-0.1, -0.05) is 23.7 Å². The van der Waals surface area contributed by atoms with E-state index in [1.54, 1.807) is 18.2 Å². The third-order valence-electron chi connectivity index (χ3n) is 4.11. The molecule has 0 radical (unpaired) electrons. The lowest BCUT2D eigenvalue weighted by molar-refractivity contribution is -0.119. The van der Waals surface area contributed by atoms with Crippen molar-refractivity contribution < 1.29 is 14.0 Å². The number of rotatable bonds is 6. The summed E-state index contributed by atoms with van der Waals surface area (Å²) in [7, 11) is 0. The number of thiazole rings is 1. The lowest BCUT2D eigenvalue weighted by atomic mass is 10.2. The number of hydrogen-bond donors (Lipinski definition) is 2. The zero-order chi connectivity index (χ0) is 21.1. The zero-order valence-electron chi connectivity index (χ0n) is 15.8. The topological polar surface area (TPSA) is 84.2 Å². The summed E-state index contributed by atoms with van der Waals surface area (Å²) in [5.74, 6) is 0.867. The van der Waals surface area contributed by atoms with Crippen molar-refractivity contribution >= 4 is 51.2 Å². The van der Waals surface area contributed by atoms with Crippen molar-refractivity contribution in [3.05, 3.63) is 69.6 Å². The van der Waals surface area contributed by atoms with Crippen molar-refractivity contribution in [2.75, 3.05) is 5.32 Å². The molecule has 0 aliphatic heterocycles. The lowest BCUT2D eigenvalue weighted by Gasteiger charge is -1.99. The van der Waals surface area contributed by atoms with Gasteiger partial charge in [-0.3, -0.25) is 14.9 Å².